The van der Waals surface area contributed by atoms with Crippen molar-refractivity contribution in [1.82, 2.24) is 15.1 Å². The Morgan fingerprint density at radius 2 is 2.20 bits per heavy atom. The van der Waals surface area contributed by atoms with Crippen LogP contribution >= 0.6 is 11.8 Å². The van der Waals surface area contributed by atoms with Gasteiger partial charge in [-0.05, 0) is 32.1 Å². The third-order valence-corrected chi connectivity index (χ3v) is 5.42. The first-order valence-electron chi connectivity index (χ1n) is 7.65. The standard InChI is InChI=1S/C15H27N3OS/c1-12(15(11-19)20-2)16-10-13-8-9-18(17-13)14-6-4-3-5-7-14/h8-9,12,14-16,19H,3-7,10-11H2,1-2H3. The summed E-state index contributed by atoms with van der Waals surface area (Å²) in [5, 5.41) is 17.7. The molecule has 2 N–H and O–H groups in total. The van der Waals surface area contributed by atoms with Crippen LogP contribution < -0.4 is 5.32 Å². The van der Waals surface area contributed by atoms with Gasteiger partial charge in [0.1, 0.15) is 0 Å². The van der Waals surface area contributed by atoms with Crippen molar-refractivity contribution in [2.24, 2.45) is 0 Å². The van der Waals surface area contributed by atoms with E-state index in [0.29, 0.717) is 6.04 Å². The fraction of sp³-hybridized carbons (Fsp3) is 0.800. The molecule has 2 unspecified atom stereocenters. The van der Waals surface area contributed by atoms with Crippen LogP contribution in [0.3, 0.4) is 0 Å². The lowest BCUT2D eigenvalue weighted by atomic mass is 9.96. The summed E-state index contributed by atoms with van der Waals surface area (Å²) in [5.41, 5.74) is 1.10. The molecule has 114 valence electrons. The molecule has 0 aliphatic heterocycles. The van der Waals surface area contributed by atoms with Crippen LogP contribution in [0.5, 0.6) is 0 Å². The fourth-order valence-corrected chi connectivity index (χ4v) is 3.51. The number of aliphatic hydroxyl groups excluding tert-OH is 1. The van der Waals surface area contributed by atoms with E-state index in [1.54, 1.807) is 11.8 Å². The zero-order valence-electron chi connectivity index (χ0n) is 12.6. The predicted molar refractivity (Wildman–Crippen MR) is 85.0 cm³/mol. The van der Waals surface area contributed by atoms with E-state index in [9.17, 15) is 5.11 Å². The van der Waals surface area contributed by atoms with Gasteiger partial charge in [-0.25, -0.2) is 0 Å². The maximum absolute atomic E-state index is 9.29. The van der Waals surface area contributed by atoms with Crippen LogP contribution in [0, 0.1) is 0 Å². The maximum Gasteiger partial charge on any atom is 0.0762 e. The summed E-state index contributed by atoms with van der Waals surface area (Å²) < 4.78 is 2.15. The monoisotopic (exact) mass is 297 g/mol. The van der Waals surface area contributed by atoms with Crippen molar-refractivity contribution >= 4 is 11.8 Å². The summed E-state index contributed by atoms with van der Waals surface area (Å²) in [7, 11) is 0. The fourth-order valence-electron chi connectivity index (χ4n) is 2.85. The average molecular weight is 297 g/mol. The first kappa shape index (κ1) is 15.9. The lowest BCUT2D eigenvalue weighted by Crippen LogP contribution is -2.37. The van der Waals surface area contributed by atoms with Gasteiger partial charge in [-0.3, -0.25) is 4.68 Å². The van der Waals surface area contributed by atoms with Gasteiger partial charge in [0.05, 0.1) is 18.3 Å². The van der Waals surface area contributed by atoms with Gasteiger partial charge >= 0.3 is 0 Å². The zero-order chi connectivity index (χ0) is 14.4. The second-order valence-corrected chi connectivity index (χ2v) is 6.78. The van der Waals surface area contributed by atoms with E-state index in [4.69, 9.17) is 5.10 Å². The highest BCUT2D eigenvalue weighted by Crippen LogP contribution is 2.27. The highest BCUT2D eigenvalue weighted by atomic mass is 32.2. The molecular weight excluding hydrogens is 270 g/mol. The Morgan fingerprint density at radius 3 is 2.85 bits per heavy atom. The first-order valence-corrected chi connectivity index (χ1v) is 8.94. The third-order valence-electron chi connectivity index (χ3n) is 4.26. The first-order chi connectivity index (χ1) is 9.74. The van der Waals surface area contributed by atoms with Crippen molar-refractivity contribution in [3.8, 4) is 0 Å². The summed E-state index contributed by atoms with van der Waals surface area (Å²) in [6, 6.07) is 3.00. The van der Waals surface area contributed by atoms with Gasteiger partial charge in [0.25, 0.3) is 0 Å². The van der Waals surface area contributed by atoms with E-state index in [-0.39, 0.29) is 17.9 Å². The highest BCUT2D eigenvalue weighted by molar-refractivity contribution is 7.99. The number of aromatic nitrogens is 2. The number of aliphatic hydroxyl groups is 1. The van der Waals surface area contributed by atoms with Crippen molar-refractivity contribution < 1.29 is 5.11 Å². The molecule has 2 rings (SSSR count). The van der Waals surface area contributed by atoms with Gasteiger partial charge in [-0.2, -0.15) is 16.9 Å². The van der Waals surface area contributed by atoms with Crippen LogP contribution in [0.25, 0.3) is 0 Å². The van der Waals surface area contributed by atoms with Gasteiger partial charge in [0, 0.05) is 24.0 Å². The molecule has 20 heavy (non-hydrogen) atoms. The minimum atomic E-state index is 0.214. The Balaban J connectivity index is 1.83. The van der Waals surface area contributed by atoms with Gasteiger partial charge in [-0.1, -0.05) is 19.3 Å². The minimum absolute atomic E-state index is 0.214. The quantitative estimate of drug-likeness (QED) is 0.812. The van der Waals surface area contributed by atoms with Gasteiger partial charge < -0.3 is 10.4 Å². The molecule has 2 atom stereocenters. The average Bonchev–Trinajstić information content (AvgIpc) is 2.96. The Morgan fingerprint density at radius 1 is 1.45 bits per heavy atom. The SMILES string of the molecule is CSC(CO)C(C)NCc1ccn(C2CCCCC2)n1. The molecule has 1 saturated carbocycles. The van der Waals surface area contributed by atoms with Crippen molar-refractivity contribution in [3.05, 3.63) is 18.0 Å². The van der Waals surface area contributed by atoms with Gasteiger partial charge in [-0.15, -0.1) is 0 Å². The zero-order valence-corrected chi connectivity index (χ0v) is 13.4. The van der Waals surface area contributed by atoms with E-state index in [1.165, 1.54) is 32.1 Å². The van der Waals surface area contributed by atoms with E-state index >= 15 is 0 Å². The lowest BCUT2D eigenvalue weighted by Gasteiger charge is -2.22. The summed E-state index contributed by atoms with van der Waals surface area (Å²) in [5.74, 6) is 0. The molecule has 0 radical (unpaired) electrons. The van der Waals surface area contributed by atoms with Crippen LogP contribution in [0.1, 0.15) is 50.8 Å². The lowest BCUT2D eigenvalue weighted by molar-refractivity contribution is 0.275. The Kier molecular flexibility index (Phi) is 6.39. The predicted octanol–water partition coefficient (Wildman–Crippen LogP) is 2.59. The molecule has 1 aliphatic rings. The Labute approximate surface area is 126 Å². The molecule has 1 heterocycles. The molecule has 0 saturated heterocycles. The van der Waals surface area contributed by atoms with Crippen LogP contribution in [0.2, 0.25) is 0 Å². The number of hydrogen-bond acceptors (Lipinski definition) is 4. The third kappa shape index (κ3) is 4.24. The second kappa shape index (κ2) is 8.05. The van der Waals surface area contributed by atoms with Crippen LogP contribution in [0.15, 0.2) is 12.3 Å². The maximum atomic E-state index is 9.29. The molecule has 4 nitrogen and oxygen atoms in total. The molecule has 1 fully saturated rings. The van der Waals surface area contributed by atoms with Crippen LogP contribution in [0.4, 0.5) is 0 Å². The van der Waals surface area contributed by atoms with Gasteiger partial charge in [0.15, 0.2) is 0 Å². The summed E-state index contributed by atoms with van der Waals surface area (Å²) in [4.78, 5) is 0. The molecule has 5 heteroatoms. The van der Waals surface area contributed by atoms with Crippen molar-refractivity contribution in [1.29, 1.82) is 0 Å². The summed E-state index contributed by atoms with van der Waals surface area (Å²) in [6.07, 6.45) is 10.7. The van der Waals surface area contributed by atoms with Crippen LogP contribution in [-0.2, 0) is 6.54 Å². The number of rotatable bonds is 7. The van der Waals surface area contributed by atoms with Crippen LogP contribution in [-0.4, -0.2) is 39.0 Å². The van der Waals surface area contributed by atoms with E-state index in [2.05, 4.69) is 29.2 Å². The molecule has 0 aromatic carbocycles. The number of thioether (sulfide) groups is 1. The van der Waals surface area contributed by atoms with E-state index < -0.39 is 0 Å². The van der Waals surface area contributed by atoms with E-state index in [0.717, 1.165) is 12.2 Å². The number of nitrogens with one attached hydrogen (secondary N) is 1. The van der Waals surface area contributed by atoms with Crippen molar-refractivity contribution in [2.45, 2.75) is 62.9 Å². The molecular formula is C15H27N3OS. The van der Waals surface area contributed by atoms with Crippen molar-refractivity contribution in [2.75, 3.05) is 12.9 Å². The molecule has 1 aromatic rings. The number of nitrogens with zero attached hydrogens (tertiary/aromatic N) is 2. The van der Waals surface area contributed by atoms with Gasteiger partial charge in [0.2, 0.25) is 0 Å². The minimum Gasteiger partial charge on any atom is -0.395 e. The van der Waals surface area contributed by atoms with Crippen molar-refractivity contribution in [3.63, 3.8) is 0 Å². The normalized spacial score (nSPS) is 19.9. The Hall–Kier alpha value is -0.520. The molecule has 0 bridgehead atoms. The topological polar surface area (TPSA) is 50.1 Å². The summed E-state index contributed by atoms with van der Waals surface area (Å²) in [6.45, 7) is 3.11. The molecule has 0 amide bonds. The largest absolute Gasteiger partial charge is 0.395 e. The smallest absolute Gasteiger partial charge is 0.0762 e. The second-order valence-electron chi connectivity index (χ2n) is 5.71. The highest BCUT2D eigenvalue weighted by Gasteiger charge is 2.17. The number of hydrogen-bond donors (Lipinski definition) is 2. The molecule has 1 aliphatic carbocycles. The van der Waals surface area contributed by atoms with E-state index in [1.807, 2.05) is 6.26 Å². The summed E-state index contributed by atoms with van der Waals surface area (Å²) >= 11 is 1.70. The molecule has 0 spiro atoms. The Bertz CT molecular complexity index is 386. The molecule has 1 aromatic heterocycles.